The summed E-state index contributed by atoms with van der Waals surface area (Å²) in [6.07, 6.45) is 1.20. The molecule has 0 radical (unpaired) electrons. The Morgan fingerprint density at radius 3 is 2.26 bits per heavy atom. The predicted molar refractivity (Wildman–Crippen MR) is 68.6 cm³/mol. The van der Waals surface area contributed by atoms with Crippen LogP contribution >= 0.6 is 0 Å². The number of H-pyrrole nitrogens is 1. The van der Waals surface area contributed by atoms with E-state index in [2.05, 4.69) is 4.98 Å². The zero-order chi connectivity index (χ0) is 14.0. The van der Waals surface area contributed by atoms with Crippen molar-refractivity contribution in [2.45, 2.75) is 19.8 Å². The van der Waals surface area contributed by atoms with Gasteiger partial charge in [0.15, 0.2) is 5.78 Å². The minimum atomic E-state index is -0.300. The van der Waals surface area contributed by atoms with Crippen molar-refractivity contribution in [1.82, 2.24) is 9.88 Å². The molecular weight excluding hydrogens is 246 g/mol. The second-order valence-corrected chi connectivity index (χ2v) is 4.81. The van der Waals surface area contributed by atoms with Crippen molar-refractivity contribution in [3.8, 4) is 0 Å². The van der Waals surface area contributed by atoms with Gasteiger partial charge in [-0.15, -0.1) is 0 Å². The van der Waals surface area contributed by atoms with E-state index in [1.54, 1.807) is 17.0 Å². The molecule has 0 aromatic carbocycles. The fourth-order valence-electron chi connectivity index (χ4n) is 2.26. The highest BCUT2D eigenvalue weighted by atomic mass is 16.2. The first kappa shape index (κ1) is 13.3. The van der Waals surface area contributed by atoms with Gasteiger partial charge in [0.25, 0.3) is 5.91 Å². The Bertz CT molecular complexity index is 513. The molecule has 0 saturated carbocycles. The Hall–Kier alpha value is -2.11. The number of hydrogen-bond acceptors (Lipinski definition) is 3. The minimum absolute atomic E-state index is 0.105. The number of primary amides is 1. The van der Waals surface area contributed by atoms with E-state index in [-0.39, 0.29) is 23.5 Å². The summed E-state index contributed by atoms with van der Waals surface area (Å²) in [6.45, 7) is 2.47. The second kappa shape index (κ2) is 5.26. The zero-order valence-electron chi connectivity index (χ0n) is 10.8. The standard InChI is InChI=1S/C13H17N3O3/c1-8(17)10-2-3-11(15-10)13(19)16-6-4-9(5-7-16)12(14)18/h2-3,9,15H,4-7H2,1H3,(H2,14,18). The van der Waals surface area contributed by atoms with E-state index in [9.17, 15) is 14.4 Å². The molecule has 2 rings (SSSR count). The van der Waals surface area contributed by atoms with E-state index in [0.717, 1.165) is 0 Å². The number of aromatic amines is 1. The molecule has 0 spiro atoms. The van der Waals surface area contributed by atoms with Gasteiger partial charge in [-0.05, 0) is 25.0 Å². The molecule has 1 aromatic rings. The van der Waals surface area contributed by atoms with Gasteiger partial charge in [0.05, 0.1) is 5.69 Å². The van der Waals surface area contributed by atoms with Crippen LogP contribution in [-0.4, -0.2) is 40.6 Å². The van der Waals surface area contributed by atoms with Gasteiger partial charge in [0.1, 0.15) is 5.69 Å². The minimum Gasteiger partial charge on any atom is -0.369 e. The first-order valence-electron chi connectivity index (χ1n) is 6.27. The molecule has 19 heavy (non-hydrogen) atoms. The lowest BCUT2D eigenvalue weighted by atomic mass is 9.96. The van der Waals surface area contributed by atoms with Gasteiger partial charge in [0, 0.05) is 25.9 Å². The molecule has 6 heteroatoms. The summed E-state index contributed by atoms with van der Waals surface area (Å²) >= 11 is 0. The van der Waals surface area contributed by atoms with Crippen molar-refractivity contribution >= 4 is 17.6 Å². The number of piperidine rings is 1. The third kappa shape index (κ3) is 2.83. The molecule has 102 valence electrons. The van der Waals surface area contributed by atoms with E-state index in [0.29, 0.717) is 37.3 Å². The van der Waals surface area contributed by atoms with Crippen LogP contribution in [-0.2, 0) is 4.79 Å². The van der Waals surface area contributed by atoms with E-state index in [4.69, 9.17) is 5.73 Å². The molecule has 0 unspecified atom stereocenters. The van der Waals surface area contributed by atoms with Crippen molar-refractivity contribution in [2.75, 3.05) is 13.1 Å². The normalized spacial score (nSPS) is 16.4. The number of aromatic nitrogens is 1. The fourth-order valence-corrected chi connectivity index (χ4v) is 2.26. The lowest BCUT2D eigenvalue weighted by Crippen LogP contribution is -2.41. The molecule has 1 aliphatic heterocycles. The third-order valence-electron chi connectivity index (χ3n) is 3.48. The van der Waals surface area contributed by atoms with Crippen molar-refractivity contribution in [3.05, 3.63) is 23.5 Å². The monoisotopic (exact) mass is 263 g/mol. The van der Waals surface area contributed by atoms with E-state index in [1.165, 1.54) is 6.92 Å². The summed E-state index contributed by atoms with van der Waals surface area (Å²) in [5.74, 6) is -0.687. The highest BCUT2D eigenvalue weighted by Gasteiger charge is 2.27. The summed E-state index contributed by atoms with van der Waals surface area (Å²) in [6, 6.07) is 3.21. The molecule has 6 nitrogen and oxygen atoms in total. The van der Waals surface area contributed by atoms with Crippen LogP contribution in [0.5, 0.6) is 0 Å². The van der Waals surface area contributed by atoms with Crippen molar-refractivity contribution in [1.29, 1.82) is 0 Å². The Balaban J connectivity index is 2.01. The Labute approximate surface area is 111 Å². The van der Waals surface area contributed by atoms with E-state index in [1.807, 2.05) is 0 Å². The summed E-state index contributed by atoms with van der Waals surface area (Å²) in [4.78, 5) is 38.9. The maximum atomic E-state index is 12.2. The van der Waals surface area contributed by atoms with Gasteiger partial charge in [-0.3, -0.25) is 14.4 Å². The Morgan fingerprint density at radius 2 is 1.79 bits per heavy atom. The lowest BCUT2D eigenvalue weighted by Gasteiger charge is -2.30. The molecule has 1 saturated heterocycles. The summed E-state index contributed by atoms with van der Waals surface area (Å²) in [7, 11) is 0. The Morgan fingerprint density at radius 1 is 1.21 bits per heavy atom. The SMILES string of the molecule is CC(=O)c1ccc(C(=O)N2CCC(C(N)=O)CC2)[nH]1. The molecule has 1 aromatic heterocycles. The number of likely N-dealkylation sites (tertiary alicyclic amines) is 1. The van der Waals surface area contributed by atoms with Gasteiger partial charge < -0.3 is 15.6 Å². The molecule has 1 aliphatic rings. The molecule has 0 atom stereocenters. The smallest absolute Gasteiger partial charge is 0.270 e. The van der Waals surface area contributed by atoms with Crippen LogP contribution in [0, 0.1) is 5.92 Å². The number of ketones is 1. The van der Waals surface area contributed by atoms with Gasteiger partial charge >= 0.3 is 0 Å². The van der Waals surface area contributed by atoms with Crippen LogP contribution in [0.25, 0.3) is 0 Å². The first-order valence-corrected chi connectivity index (χ1v) is 6.27. The quantitative estimate of drug-likeness (QED) is 0.779. The summed E-state index contributed by atoms with van der Waals surface area (Å²) < 4.78 is 0. The summed E-state index contributed by atoms with van der Waals surface area (Å²) in [5, 5.41) is 0. The van der Waals surface area contributed by atoms with Gasteiger partial charge in [-0.1, -0.05) is 0 Å². The topological polar surface area (TPSA) is 96.3 Å². The number of nitrogens with two attached hydrogens (primary N) is 1. The number of carbonyl (C=O) groups excluding carboxylic acids is 3. The fraction of sp³-hybridized carbons (Fsp3) is 0.462. The molecular formula is C13H17N3O3. The zero-order valence-corrected chi connectivity index (χ0v) is 10.8. The number of carbonyl (C=O) groups is 3. The van der Waals surface area contributed by atoms with Gasteiger partial charge in [0.2, 0.25) is 5.91 Å². The highest BCUT2D eigenvalue weighted by Crippen LogP contribution is 2.18. The number of amides is 2. The van der Waals surface area contributed by atoms with Crippen LogP contribution in [0.2, 0.25) is 0 Å². The molecule has 3 N–H and O–H groups in total. The largest absolute Gasteiger partial charge is 0.369 e. The van der Waals surface area contributed by atoms with Crippen molar-refractivity contribution in [2.24, 2.45) is 11.7 Å². The van der Waals surface area contributed by atoms with Crippen LogP contribution in [0.15, 0.2) is 12.1 Å². The van der Waals surface area contributed by atoms with Crippen molar-refractivity contribution in [3.63, 3.8) is 0 Å². The van der Waals surface area contributed by atoms with Gasteiger partial charge in [-0.25, -0.2) is 0 Å². The molecule has 2 heterocycles. The maximum absolute atomic E-state index is 12.2. The number of hydrogen-bond donors (Lipinski definition) is 2. The third-order valence-corrected chi connectivity index (χ3v) is 3.48. The van der Waals surface area contributed by atoms with E-state index >= 15 is 0 Å². The molecule has 2 amide bonds. The summed E-state index contributed by atoms with van der Waals surface area (Å²) in [5.41, 5.74) is 6.08. The maximum Gasteiger partial charge on any atom is 0.270 e. The first-order chi connectivity index (χ1) is 8.99. The molecule has 0 bridgehead atoms. The van der Waals surface area contributed by atoms with Crippen molar-refractivity contribution < 1.29 is 14.4 Å². The lowest BCUT2D eigenvalue weighted by molar-refractivity contribution is -0.123. The van der Waals surface area contributed by atoms with Crippen LogP contribution in [0.1, 0.15) is 40.7 Å². The number of nitrogens with one attached hydrogen (secondary N) is 1. The van der Waals surface area contributed by atoms with Crippen LogP contribution < -0.4 is 5.73 Å². The predicted octanol–water partition coefficient (Wildman–Crippen LogP) is 0.555. The average Bonchev–Trinajstić information content (AvgIpc) is 2.87. The molecule has 0 aliphatic carbocycles. The number of rotatable bonds is 3. The molecule has 1 fully saturated rings. The number of nitrogens with zero attached hydrogens (tertiary/aromatic N) is 1. The van der Waals surface area contributed by atoms with Crippen LogP contribution in [0.3, 0.4) is 0 Å². The average molecular weight is 263 g/mol. The van der Waals surface area contributed by atoms with Gasteiger partial charge in [-0.2, -0.15) is 0 Å². The highest BCUT2D eigenvalue weighted by molar-refractivity contribution is 5.97. The number of Topliss-reactive ketones (excluding diaryl/α,β-unsaturated/α-hetero) is 1. The van der Waals surface area contributed by atoms with E-state index < -0.39 is 0 Å². The Kier molecular flexibility index (Phi) is 3.69. The van der Waals surface area contributed by atoms with Crippen LogP contribution in [0.4, 0.5) is 0 Å². The second-order valence-electron chi connectivity index (χ2n) is 4.81.